The van der Waals surface area contributed by atoms with E-state index in [0.29, 0.717) is 5.92 Å². The maximum absolute atomic E-state index is 2.48. The number of fused-ring (bicyclic) bond motifs is 1. The van der Waals surface area contributed by atoms with Crippen LogP contribution in [0.1, 0.15) is 34.9 Å². The molecular weight excluding hydrogens is 314 g/mol. The van der Waals surface area contributed by atoms with Crippen LogP contribution in [0.25, 0.3) is 11.1 Å². The minimum absolute atomic E-state index is 0.708. The molecule has 1 nitrogen and oxygen atoms in total. The van der Waals surface area contributed by atoms with Crippen LogP contribution in [0.2, 0.25) is 0 Å². The molecule has 2 aromatic carbocycles. The molecule has 1 aliphatic heterocycles. The summed E-state index contributed by atoms with van der Waals surface area (Å²) in [5.74, 6) is 1.43. The highest BCUT2D eigenvalue weighted by molar-refractivity contribution is 5.63. The van der Waals surface area contributed by atoms with Crippen LogP contribution in [-0.4, -0.2) is 4.57 Å². The van der Waals surface area contributed by atoms with Gasteiger partial charge >= 0.3 is 0 Å². The van der Waals surface area contributed by atoms with Crippen molar-refractivity contribution in [1.82, 2.24) is 4.57 Å². The van der Waals surface area contributed by atoms with Gasteiger partial charge in [-0.1, -0.05) is 49.4 Å². The fourth-order valence-electron chi connectivity index (χ4n) is 4.41. The molecule has 0 radical (unpaired) electrons. The Bertz CT molecular complexity index is 917. The lowest BCUT2D eigenvalue weighted by Crippen LogP contribution is -2.28. The molecule has 0 spiro atoms. The van der Waals surface area contributed by atoms with Crippen molar-refractivity contribution < 1.29 is 0 Å². The first-order chi connectivity index (χ1) is 12.5. The molecule has 26 heavy (non-hydrogen) atoms. The van der Waals surface area contributed by atoms with E-state index >= 15 is 0 Å². The molecule has 0 bridgehead atoms. The monoisotopic (exact) mass is 343 g/mol. The Labute approximate surface area is 157 Å². The van der Waals surface area contributed by atoms with Gasteiger partial charge in [0.1, 0.15) is 0 Å². The number of hydrogen-bond acceptors (Lipinski definition) is 0. The van der Waals surface area contributed by atoms with E-state index in [4.69, 9.17) is 0 Å². The van der Waals surface area contributed by atoms with Crippen LogP contribution in [0.15, 0.2) is 54.7 Å². The largest absolute Gasteiger partial charge is 0.351 e. The molecule has 0 fully saturated rings. The second-order valence-electron chi connectivity index (χ2n) is 8.25. The Morgan fingerprint density at radius 2 is 1.62 bits per heavy atom. The van der Waals surface area contributed by atoms with E-state index < -0.39 is 0 Å². The molecule has 1 heteroatoms. The second kappa shape index (κ2) is 6.79. The summed E-state index contributed by atoms with van der Waals surface area (Å²) in [6, 6.07) is 17.9. The highest BCUT2D eigenvalue weighted by atomic mass is 15.0. The molecule has 0 saturated carbocycles. The summed E-state index contributed by atoms with van der Waals surface area (Å²) in [5.41, 5.74) is 9.99. The predicted molar refractivity (Wildman–Crippen MR) is 111 cm³/mol. The quantitative estimate of drug-likeness (QED) is 0.539. The molecule has 2 heterocycles. The van der Waals surface area contributed by atoms with Gasteiger partial charge in [-0.05, 0) is 84.9 Å². The van der Waals surface area contributed by atoms with Gasteiger partial charge in [0.05, 0.1) is 0 Å². The highest BCUT2D eigenvalue weighted by Gasteiger charge is 2.26. The molecule has 0 N–H and O–H groups in total. The Morgan fingerprint density at radius 1 is 0.885 bits per heavy atom. The molecule has 0 aliphatic carbocycles. The van der Waals surface area contributed by atoms with Gasteiger partial charge in [-0.15, -0.1) is 0 Å². The van der Waals surface area contributed by atoms with Gasteiger partial charge in [-0.3, -0.25) is 0 Å². The van der Waals surface area contributed by atoms with Crippen molar-refractivity contribution >= 4 is 0 Å². The number of hydrogen-bond donors (Lipinski definition) is 0. The standard InChI is InChI=1S/C25H29N/c1-17-10-19(3)22(11-18(17)2)12-23-13-25-14-24(16-26(25)15-20(23)4)21-8-6-5-7-9-21/h5-11,14,16,20,23H,12-13,15H2,1-4H3. The van der Waals surface area contributed by atoms with Crippen molar-refractivity contribution in [3.8, 4) is 11.1 Å². The van der Waals surface area contributed by atoms with Crippen molar-refractivity contribution in [1.29, 1.82) is 0 Å². The Morgan fingerprint density at radius 3 is 2.38 bits per heavy atom. The van der Waals surface area contributed by atoms with Gasteiger partial charge in [-0.2, -0.15) is 0 Å². The van der Waals surface area contributed by atoms with Gasteiger partial charge in [-0.25, -0.2) is 0 Å². The first-order valence-electron chi connectivity index (χ1n) is 9.82. The molecule has 2 unspecified atom stereocenters. The second-order valence-corrected chi connectivity index (χ2v) is 8.25. The van der Waals surface area contributed by atoms with Crippen LogP contribution >= 0.6 is 0 Å². The third-order valence-electron chi connectivity index (χ3n) is 6.29. The lowest BCUT2D eigenvalue weighted by atomic mass is 9.81. The fraction of sp³-hybridized carbons (Fsp3) is 0.360. The van der Waals surface area contributed by atoms with Crippen molar-refractivity contribution in [2.75, 3.05) is 0 Å². The molecule has 134 valence electrons. The summed E-state index contributed by atoms with van der Waals surface area (Å²) in [4.78, 5) is 0. The molecule has 1 aromatic heterocycles. The van der Waals surface area contributed by atoms with E-state index in [1.54, 1.807) is 0 Å². The molecule has 0 amide bonds. The number of aryl methyl sites for hydroxylation is 3. The summed E-state index contributed by atoms with van der Waals surface area (Å²) in [5, 5.41) is 0. The van der Waals surface area contributed by atoms with Crippen molar-refractivity contribution in [2.45, 2.75) is 47.1 Å². The topological polar surface area (TPSA) is 4.93 Å². The highest BCUT2D eigenvalue weighted by Crippen LogP contribution is 2.33. The number of rotatable bonds is 3. The maximum Gasteiger partial charge on any atom is 0.0251 e. The number of aromatic nitrogens is 1. The van der Waals surface area contributed by atoms with Crippen molar-refractivity contribution in [3.63, 3.8) is 0 Å². The van der Waals surface area contributed by atoms with Crippen LogP contribution in [-0.2, 0) is 19.4 Å². The number of nitrogens with zero attached hydrogens (tertiary/aromatic N) is 1. The van der Waals surface area contributed by atoms with E-state index in [-0.39, 0.29) is 0 Å². The predicted octanol–water partition coefficient (Wildman–Crippen LogP) is 6.13. The maximum atomic E-state index is 2.48. The van der Waals surface area contributed by atoms with Crippen LogP contribution in [0.3, 0.4) is 0 Å². The minimum atomic E-state index is 0.708. The van der Waals surface area contributed by atoms with E-state index in [1.807, 2.05) is 0 Å². The summed E-state index contributed by atoms with van der Waals surface area (Å²) in [7, 11) is 0. The normalized spacial score (nSPS) is 19.4. The minimum Gasteiger partial charge on any atom is -0.351 e. The van der Waals surface area contributed by atoms with E-state index in [2.05, 4.69) is 87.0 Å². The third-order valence-corrected chi connectivity index (χ3v) is 6.29. The SMILES string of the molecule is Cc1cc(C)c(CC2Cc3cc(-c4ccccc4)cn3CC2C)cc1C. The van der Waals surface area contributed by atoms with Crippen LogP contribution in [0.5, 0.6) is 0 Å². The number of benzene rings is 2. The Hall–Kier alpha value is -2.28. The summed E-state index contributed by atoms with van der Waals surface area (Å²) in [6.07, 6.45) is 4.72. The van der Waals surface area contributed by atoms with Gasteiger partial charge in [0, 0.05) is 18.4 Å². The molecule has 4 rings (SSSR count). The van der Waals surface area contributed by atoms with Crippen LogP contribution in [0, 0.1) is 32.6 Å². The van der Waals surface area contributed by atoms with Gasteiger partial charge in [0.2, 0.25) is 0 Å². The Kier molecular flexibility index (Phi) is 4.48. The average Bonchev–Trinajstić information content (AvgIpc) is 3.03. The zero-order chi connectivity index (χ0) is 18.3. The van der Waals surface area contributed by atoms with Crippen LogP contribution < -0.4 is 0 Å². The average molecular weight is 344 g/mol. The lowest BCUT2D eigenvalue weighted by molar-refractivity contribution is 0.273. The lowest BCUT2D eigenvalue weighted by Gasteiger charge is -2.31. The van der Waals surface area contributed by atoms with E-state index in [1.165, 1.54) is 51.9 Å². The summed E-state index contributed by atoms with van der Waals surface area (Å²) in [6.45, 7) is 10.3. The Balaban J connectivity index is 1.58. The van der Waals surface area contributed by atoms with Crippen molar-refractivity contribution in [2.24, 2.45) is 11.8 Å². The van der Waals surface area contributed by atoms with Gasteiger partial charge < -0.3 is 4.57 Å². The zero-order valence-corrected chi connectivity index (χ0v) is 16.4. The molecule has 0 saturated heterocycles. The van der Waals surface area contributed by atoms with E-state index in [9.17, 15) is 0 Å². The van der Waals surface area contributed by atoms with Gasteiger partial charge in [0.25, 0.3) is 0 Å². The first-order valence-corrected chi connectivity index (χ1v) is 9.82. The van der Waals surface area contributed by atoms with E-state index in [0.717, 1.165) is 12.5 Å². The van der Waals surface area contributed by atoms with Crippen molar-refractivity contribution in [3.05, 3.63) is 82.7 Å². The molecule has 3 aromatic rings. The smallest absolute Gasteiger partial charge is 0.0251 e. The summed E-state index contributed by atoms with van der Waals surface area (Å²) >= 11 is 0. The summed E-state index contributed by atoms with van der Waals surface area (Å²) < 4.78 is 2.48. The molecule has 1 aliphatic rings. The van der Waals surface area contributed by atoms with Crippen LogP contribution in [0.4, 0.5) is 0 Å². The third kappa shape index (κ3) is 3.23. The molecular formula is C25H29N. The first kappa shape index (κ1) is 17.1. The molecule has 2 atom stereocenters. The van der Waals surface area contributed by atoms with Gasteiger partial charge in [0.15, 0.2) is 0 Å². The zero-order valence-electron chi connectivity index (χ0n) is 16.4. The fourth-order valence-corrected chi connectivity index (χ4v) is 4.41.